The van der Waals surface area contributed by atoms with Gasteiger partial charge in [0.05, 0.1) is 5.54 Å². The number of nitrogens with zero attached hydrogens (tertiary/aromatic N) is 2. The smallest absolute Gasteiger partial charge is 0.296 e. The normalized spacial score (nSPS) is 13.3. The zero-order valence-electron chi connectivity index (χ0n) is 17.3. The molecule has 1 heterocycles. The largest absolute Gasteiger partial charge is 0.501 e. The summed E-state index contributed by atoms with van der Waals surface area (Å²) >= 11 is 0. The monoisotopic (exact) mass is 404 g/mol. The molecule has 1 unspecified atom stereocenters. The van der Waals surface area contributed by atoms with Crippen LogP contribution in [0.25, 0.3) is 0 Å². The fourth-order valence-corrected chi connectivity index (χ4v) is 3.54. The van der Waals surface area contributed by atoms with Crippen LogP contribution in [0.5, 0.6) is 5.75 Å². The molecule has 29 heavy (non-hydrogen) atoms. The minimum Gasteiger partial charge on any atom is -0.501 e. The molecule has 0 aliphatic heterocycles. The highest BCUT2D eigenvalue weighted by atomic mass is 19.1. The molecular weight excluding hydrogens is 375 g/mol. The van der Waals surface area contributed by atoms with Gasteiger partial charge in [0.15, 0.2) is 5.69 Å². The predicted molar refractivity (Wildman–Crippen MR) is 109 cm³/mol. The third-order valence-electron chi connectivity index (χ3n) is 4.76. The number of aromatic hydroxyl groups is 1. The van der Waals surface area contributed by atoms with Crippen LogP contribution in [0.3, 0.4) is 0 Å². The molecular formula is C21H29FN4O3. The van der Waals surface area contributed by atoms with Gasteiger partial charge in [0.2, 0.25) is 5.75 Å². The van der Waals surface area contributed by atoms with E-state index in [1.165, 1.54) is 35.9 Å². The first-order chi connectivity index (χ1) is 13.6. The van der Waals surface area contributed by atoms with Crippen molar-refractivity contribution >= 4 is 5.91 Å². The summed E-state index contributed by atoms with van der Waals surface area (Å²) < 4.78 is 14.2. The molecule has 8 heteroatoms. The van der Waals surface area contributed by atoms with E-state index in [2.05, 4.69) is 10.3 Å². The van der Waals surface area contributed by atoms with Crippen LogP contribution in [0.1, 0.15) is 61.9 Å². The lowest BCUT2D eigenvalue weighted by Gasteiger charge is -2.32. The van der Waals surface area contributed by atoms with Gasteiger partial charge in [0.1, 0.15) is 11.6 Å². The first-order valence-corrected chi connectivity index (χ1v) is 9.71. The van der Waals surface area contributed by atoms with Gasteiger partial charge in [0.25, 0.3) is 11.5 Å². The van der Waals surface area contributed by atoms with Gasteiger partial charge in [-0.2, -0.15) is 0 Å². The first kappa shape index (κ1) is 22.5. The molecule has 158 valence electrons. The van der Waals surface area contributed by atoms with Crippen LogP contribution in [0.2, 0.25) is 0 Å². The van der Waals surface area contributed by atoms with Crippen molar-refractivity contribution in [2.24, 2.45) is 18.7 Å². The van der Waals surface area contributed by atoms with E-state index in [1.54, 1.807) is 0 Å². The summed E-state index contributed by atoms with van der Waals surface area (Å²) in [5.41, 5.74) is 5.30. The number of hydrogen-bond acceptors (Lipinski definition) is 5. The number of halogens is 1. The molecule has 1 aromatic heterocycles. The zero-order valence-corrected chi connectivity index (χ0v) is 17.3. The van der Waals surface area contributed by atoms with Crippen LogP contribution in [0, 0.1) is 11.7 Å². The first-order valence-electron chi connectivity index (χ1n) is 9.71. The minimum atomic E-state index is -0.906. The van der Waals surface area contributed by atoms with E-state index in [0.29, 0.717) is 18.4 Å². The van der Waals surface area contributed by atoms with E-state index >= 15 is 0 Å². The summed E-state index contributed by atoms with van der Waals surface area (Å²) in [6.45, 7) is 6.12. The van der Waals surface area contributed by atoms with Gasteiger partial charge in [-0.05, 0) is 36.5 Å². The Labute approximate surface area is 169 Å². The maximum absolute atomic E-state index is 13.0. The van der Waals surface area contributed by atoms with Crippen LogP contribution in [-0.4, -0.2) is 20.6 Å². The van der Waals surface area contributed by atoms with Gasteiger partial charge in [-0.3, -0.25) is 14.2 Å². The molecule has 0 aliphatic carbocycles. The fourth-order valence-electron chi connectivity index (χ4n) is 3.54. The van der Waals surface area contributed by atoms with Gasteiger partial charge < -0.3 is 16.2 Å². The summed E-state index contributed by atoms with van der Waals surface area (Å²) in [4.78, 5) is 29.5. The SMILES string of the molecule is CCCC(N)(CC(C)C)c1nc(C(=O)NCc2ccc(F)cc2)c(O)c(=O)n1C. The summed E-state index contributed by atoms with van der Waals surface area (Å²) in [5, 5.41) is 12.8. The summed E-state index contributed by atoms with van der Waals surface area (Å²) in [6, 6.07) is 5.64. The average Bonchev–Trinajstić information content (AvgIpc) is 2.65. The Kier molecular flexibility index (Phi) is 7.13. The van der Waals surface area contributed by atoms with E-state index in [4.69, 9.17) is 5.73 Å². The number of carbonyl (C=O) groups excluding carboxylic acids is 1. The van der Waals surface area contributed by atoms with E-state index in [0.717, 1.165) is 6.42 Å². The molecule has 1 aromatic carbocycles. The lowest BCUT2D eigenvalue weighted by molar-refractivity contribution is 0.0941. The highest BCUT2D eigenvalue weighted by molar-refractivity contribution is 5.94. The number of hydrogen-bond donors (Lipinski definition) is 3. The number of carbonyl (C=O) groups is 1. The Bertz CT molecular complexity index is 925. The molecule has 0 saturated heterocycles. The number of nitrogens with two attached hydrogens (primary N) is 1. The highest BCUT2D eigenvalue weighted by Crippen LogP contribution is 2.29. The molecule has 1 atom stereocenters. The summed E-state index contributed by atoms with van der Waals surface area (Å²) in [7, 11) is 1.49. The lowest BCUT2D eigenvalue weighted by Crippen LogP contribution is -2.44. The van der Waals surface area contributed by atoms with Gasteiger partial charge in [-0.15, -0.1) is 0 Å². The Morgan fingerprint density at radius 2 is 1.97 bits per heavy atom. The summed E-state index contributed by atoms with van der Waals surface area (Å²) in [6.07, 6.45) is 1.92. The third-order valence-corrected chi connectivity index (χ3v) is 4.76. The molecule has 0 aliphatic rings. The van der Waals surface area contributed by atoms with Crippen molar-refractivity contribution in [2.75, 3.05) is 0 Å². The van der Waals surface area contributed by atoms with Crippen molar-refractivity contribution in [1.29, 1.82) is 0 Å². The van der Waals surface area contributed by atoms with Crippen molar-refractivity contribution < 1.29 is 14.3 Å². The Morgan fingerprint density at radius 3 is 2.52 bits per heavy atom. The number of aromatic nitrogens is 2. The molecule has 1 amide bonds. The van der Waals surface area contributed by atoms with E-state index in [1.807, 2.05) is 20.8 Å². The van der Waals surface area contributed by atoms with Crippen molar-refractivity contribution in [3.63, 3.8) is 0 Å². The van der Waals surface area contributed by atoms with E-state index in [9.17, 15) is 19.1 Å². The van der Waals surface area contributed by atoms with Crippen LogP contribution < -0.4 is 16.6 Å². The van der Waals surface area contributed by atoms with Crippen molar-refractivity contribution in [3.05, 3.63) is 57.5 Å². The summed E-state index contributed by atoms with van der Waals surface area (Å²) in [5.74, 6) is -1.29. The third kappa shape index (κ3) is 5.20. The lowest BCUT2D eigenvalue weighted by atomic mass is 9.84. The number of rotatable bonds is 8. The average molecular weight is 404 g/mol. The number of nitrogens with one attached hydrogen (secondary N) is 1. The van der Waals surface area contributed by atoms with Crippen molar-refractivity contribution in [1.82, 2.24) is 14.9 Å². The Morgan fingerprint density at radius 1 is 1.34 bits per heavy atom. The van der Waals surface area contributed by atoms with Crippen molar-refractivity contribution in [2.45, 2.75) is 52.1 Å². The maximum Gasteiger partial charge on any atom is 0.296 e. The molecule has 2 rings (SSSR count). The second kappa shape index (κ2) is 9.17. The molecule has 2 aromatic rings. The second-order valence-electron chi connectivity index (χ2n) is 7.81. The molecule has 0 fully saturated rings. The molecule has 7 nitrogen and oxygen atoms in total. The van der Waals surface area contributed by atoms with Gasteiger partial charge in [-0.1, -0.05) is 39.3 Å². The van der Waals surface area contributed by atoms with Gasteiger partial charge in [0, 0.05) is 13.6 Å². The quantitative estimate of drug-likeness (QED) is 0.626. The topological polar surface area (TPSA) is 110 Å². The molecule has 4 N–H and O–H groups in total. The van der Waals surface area contributed by atoms with Crippen LogP contribution in [-0.2, 0) is 19.1 Å². The standard InChI is InChI=1S/C21H29FN4O3/c1-5-10-21(23,11-13(2)3)20-25-16(17(27)19(29)26(20)4)18(28)24-12-14-6-8-15(22)9-7-14/h6-9,13,27H,5,10-12,23H2,1-4H3,(H,24,28). The Hall–Kier alpha value is -2.74. The van der Waals surface area contributed by atoms with E-state index in [-0.39, 0.29) is 29.8 Å². The van der Waals surface area contributed by atoms with Crippen LogP contribution in [0.4, 0.5) is 4.39 Å². The molecule has 0 saturated carbocycles. The highest BCUT2D eigenvalue weighted by Gasteiger charge is 2.34. The van der Waals surface area contributed by atoms with Crippen LogP contribution in [0.15, 0.2) is 29.1 Å². The zero-order chi connectivity index (χ0) is 21.8. The molecule has 0 spiro atoms. The minimum absolute atomic E-state index is 0.0967. The number of benzene rings is 1. The van der Waals surface area contributed by atoms with Crippen molar-refractivity contribution in [3.8, 4) is 5.75 Å². The maximum atomic E-state index is 13.0. The molecule has 0 radical (unpaired) electrons. The van der Waals surface area contributed by atoms with E-state index < -0.39 is 22.8 Å². The second-order valence-corrected chi connectivity index (χ2v) is 7.81. The van der Waals surface area contributed by atoms with Gasteiger partial charge in [-0.25, -0.2) is 9.37 Å². The molecule has 0 bridgehead atoms. The number of amides is 1. The van der Waals surface area contributed by atoms with Crippen LogP contribution >= 0.6 is 0 Å². The van der Waals surface area contributed by atoms with Gasteiger partial charge >= 0.3 is 0 Å². The fraction of sp³-hybridized carbons (Fsp3) is 0.476. The predicted octanol–water partition coefficient (Wildman–Crippen LogP) is 2.56. The Balaban J connectivity index is 2.40.